The highest BCUT2D eigenvalue weighted by Crippen LogP contribution is 2.49. The van der Waals surface area contributed by atoms with Gasteiger partial charge >= 0.3 is 5.97 Å². The normalized spacial score (nSPS) is 18.8. The number of benzene rings is 3. The number of piperidine rings is 1. The quantitative estimate of drug-likeness (QED) is 0.150. The van der Waals surface area contributed by atoms with Gasteiger partial charge in [-0.3, -0.25) is 9.80 Å². The molecule has 0 saturated carbocycles. The van der Waals surface area contributed by atoms with E-state index in [4.69, 9.17) is 26.1 Å². The predicted molar refractivity (Wildman–Crippen MR) is 245 cm³/mol. The van der Waals surface area contributed by atoms with Gasteiger partial charge in [0, 0.05) is 87.0 Å². The Labute approximate surface area is 380 Å². The maximum atomic E-state index is 14.3. The Morgan fingerprint density at radius 1 is 0.984 bits per heavy atom. The number of nitrogens with zero attached hydrogens (tertiary/aromatic N) is 9. The topological polar surface area (TPSA) is 144 Å². The molecule has 0 aliphatic carbocycles. The lowest BCUT2D eigenvalue weighted by molar-refractivity contribution is -0.145. The summed E-state index contributed by atoms with van der Waals surface area (Å²) in [4.78, 5) is 42.3. The average Bonchev–Trinajstić information content (AvgIpc) is 3.70. The Bertz CT molecular complexity index is 2710. The minimum absolute atomic E-state index is 0.0408. The maximum absolute atomic E-state index is 14.3. The minimum Gasteiger partial charge on any atom is -0.487 e. The number of carboxylic acids is 1. The number of carboxylic acid groups (broad SMARTS) is 1. The van der Waals surface area contributed by atoms with Crippen LogP contribution in [0.4, 0.5) is 10.3 Å². The summed E-state index contributed by atoms with van der Waals surface area (Å²) in [6.45, 7) is 9.60. The fraction of sp³-hybridized carbons (Fsp3) is 0.375. The summed E-state index contributed by atoms with van der Waals surface area (Å²) in [5, 5.41) is 21.8. The number of thiophene rings is 1. The Morgan fingerprint density at radius 2 is 1.80 bits per heavy atom. The van der Waals surface area contributed by atoms with E-state index in [0.717, 1.165) is 96.8 Å². The van der Waals surface area contributed by atoms with Crippen LogP contribution in [0.5, 0.6) is 11.6 Å². The van der Waals surface area contributed by atoms with Gasteiger partial charge < -0.3 is 24.4 Å². The molecule has 2 saturated heterocycles. The van der Waals surface area contributed by atoms with Crippen molar-refractivity contribution in [1.82, 2.24) is 34.6 Å². The van der Waals surface area contributed by atoms with Crippen LogP contribution in [-0.2, 0) is 30.9 Å². The van der Waals surface area contributed by atoms with Crippen molar-refractivity contribution in [2.75, 3.05) is 57.8 Å². The monoisotopic (exact) mass is 901 g/mol. The lowest BCUT2D eigenvalue weighted by Crippen LogP contribution is -2.46. The summed E-state index contributed by atoms with van der Waals surface area (Å²) in [5.74, 6) is -0.441. The first-order chi connectivity index (χ1) is 31.1. The number of likely N-dealkylation sites (N-methyl/N-ethyl adjacent to an activating group) is 1. The average molecular weight is 902 g/mol. The molecule has 0 spiro atoms. The van der Waals surface area contributed by atoms with Crippen molar-refractivity contribution in [2.45, 2.75) is 64.4 Å². The SMILES string of the molecule is Cc1c2ccc(c1Cl)CN(CCN1CCN(C)CC1)Cc1ccc(OCc3ccnc(N4CCCCC4C#N)n3)c(c1)CC(C(=O)O)Oc1ncnc3sc(-c4ccc(F)cc4)c-2c13. The molecule has 7 heterocycles. The highest BCUT2D eigenvalue weighted by Gasteiger charge is 2.30. The van der Waals surface area contributed by atoms with E-state index in [1.807, 2.05) is 30.0 Å². The van der Waals surface area contributed by atoms with Gasteiger partial charge in [-0.25, -0.2) is 29.1 Å². The molecular weight excluding hydrogens is 853 g/mol. The lowest BCUT2D eigenvalue weighted by Gasteiger charge is -2.34. The molecule has 3 aromatic carbocycles. The summed E-state index contributed by atoms with van der Waals surface area (Å²) in [5.41, 5.74) is 6.39. The third-order valence-electron chi connectivity index (χ3n) is 12.5. The molecule has 2 fully saturated rings. The lowest BCUT2D eigenvalue weighted by atomic mass is 9.94. The van der Waals surface area contributed by atoms with Crippen LogP contribution in [0.25, 0.3) is 31.8 Å². The Kier molecular flexibility index (Phi) is 13.0. The molecule has 2 atom stereocenters. The van der Waals surface area contributed by atoms with Crippen LogP contribution >= 0.6 is 22.9 Å². The van der Waals surface area contributed by atoms with E-state index in [9.17, 15) is 19.6 Å². The van der Waals surface area contributed by atoms with E-state index in [0.29, 0.717) is 57.8 Å². The number of aliphatic carboxylic acids is 1. The summed E-state index contributed by atoms with van der Waals surface area (Å²) >= 11 is 8.77. The van der Waals surface area contributed by atoms with Crippen LogP contribution in [0, 0.1) is 24.1 Å². The molecule has 13 nitrogen and oxygen atoms in total. The van der Waals surface area contributed by atoms with Crippen molar-refractivity contribution in [3.8, 4) is 39.3 Å². The zero-order valence-electron chi connectivity index (χ0n) is 35.8. The number of nitriles is 1. The number of rotatable bonds is 9. The highest BCUT2D eigenvalue weighted by atomic mass is 35.5. The number of anilines is 1. The fourth-order valence-electron chi connectivity index (χ4n) is 8.86. The van der Waals surface area contributed by atoms with E-state index < -0.39 is 12.1 Å². The molecule has 2 unspecified atom stereocenters. The zero-order valence-corrected chi connectivity index (χ0v) is 37.4. The molecule has 330 valence electrons. The molecule has 1 N–H and O–H groups in total. The van der Waals surface area contributed by atoms with Gasteiger partial charge in [-0.15, -0.1) is 11.3 Å². The van der Waals surface area contributed by atoms with Crippen molar-refractivity contribution in [3.05, 3.63) is 112 Å². The second kappa shape index (κ2) is 19.1. The summed E-state index contributed by atoms with van der Waals surface area (Å²) in [7, 11) is 2.16. The molecule has 0 amide bonds. The molecule has 4 aliphatic rings. The number of halogens is 2. The summed E-state index contributed by atoms with van der Waals surface area (Å²) in [6, 6.07) is 20.2. The molecule has 4 bridgehead atoms. The molecule has 3 aromatic heterocycles. The maximum Gasteiger partial charge on any atom is 0.345 e. The third kappa shape index (κ3) is 9.38. The van der Waals surface area contributed by atoms with Gasteiger partial charge in [-0.05, 0) is 90.9 Å². The molecule has 6 aromatic rings. The zero-order chi connectivity index (χ0) is 44.3. The summed E-state index contributed by atoms with van der Waals surface area (Å²) in [6.07, 6.45) is 4.34. The second-order valence-corrected chi connectivity index (χ2v) is 18.2. The largest absolute Gasteiger partial charge is 0.487 e. The fourth-order valence-corrected chi connectivity index (χ4v) is 10.2. The van der Waals surface area contributed by atoms with E-state index in [2.05, 4.69) is 54.9 Å². The van der Waals surface area contributed by atoms with Crippen molar-refractivity contribution in [3.63, 3.8) is 0 Å². The number of fused-ring (bicyclic) bond motifs is 6. The van der Waals surface area contributed by atoms with Crippen LogP contribution in [0.1, 0.15) is 47.2 Å². The Balaban J connectivity index is 1.12. The van der Waals surface area contributed by atoms with Crippen LogP contribution in [0.3, 0.4) is 0 Å². The van der Waals surface area contributed by atoms with Crippen molar-refractivity contribution >= 4 is 45.1 Å². The van der Waals surface area contributed by atoms with Gasteiger partial charge in [-0.1, -0.05) is 48.0 Å². The van der Waals surface area contributed by atoms with E-state index in [-0.39, 0.29) is 30.8 Å². The number of ether oxygens (including phenoxy) is 2. The van der Waals surface area contributed by atoms with Crippen molar-refractivity contribution in [1.29, 1.82) is 5.26 Å². The van der Waals surface area contributed by atoms with Gasteiger partial charge in [0.15, 0.2) is 0 Å². The Morgan fingerprint density at radius 3 is 2.59 bits per heavy atom. The van der Waals surface area contributed by atoms with Crippen LogP contribution in [0.15, 0.2) is 73.2 Å². The molecule has 16 heteroatoms. The Hall–Kier alpha value is -5.76. The predicted octanol–water partition coefficient (Wildman–Crippen LogP) is 8.02. The van der Waals surface area contributed by atoms with E-state index in [1.54, 1.807) is 24.4 Å². The molecule has 0 radical (unpaired) electrons. The van der Waals surface area contributed by atoms with Gasteiger partial charge in [0.2, 0.25) is 17.9 Å². The number of hydrogen-bond acceptors (Lipinski definition) is 13. The standard InChI is InChI=1S/C48H49ClFN9O4S/c1-30-38-12-9-33(43(30)49)27-58(22-21-57-19-17-56(2)18-20-57)26-31-6-13-39(62-28-36-14-15-52-48(55-36)59-16-4-3-5-37(59)25-51)34(23-31)24-40(47(60)61)63-45-42-41(38)44(64-46(42)54-29-53-45)32-7-10-35(50)11-8-32/h6-15,23,29,37,40H,3-5,16-22,24,26-28H2,1-2H3,(H,60,61). The van der Waals surface area contributed by atoms with Crippen LogP contribution < -0.4 is 14.4 Å². The molecule has 4 aliphatic heterocycles. The smallest absolute Gasteiger partial charge is 0.345 e. The first kappa shape index (κ1) is 43.5. The number of carbonyl (C=O) groups is 1. The van der Waals surface area contributed by atoms with Crippen LogP contribution in [0.2, 0.25) is 5.02 Å². The van der Waals surface area contributed by atoms with Gasteiger partial charge in [0.1, 0.15) is 35.4 Å². The minimum atomic E-state index is -1.38. The summed E-state index contributed by atoms with van der Waals surface area (Å²) < 4.78 is 27.3. The first-order valence-corrected chi connectivity index (χ1v) is 22.9. The highest BCUT2D eigenvalue weighted by molar-refractivity contribution is 7.22. The van der Waals surface area contributed by atoms with Crippen molar-refractivity contribution in [2.24, 2.45) is 0 Å². The third-order valence-corrected chi connectivity index (χ3v) is 14.1. The van der Waals surface area contributed by atoms with Gasteiger partial charge in [0.25, 0.3) is 0 Å². The number of hydrogen-bond donors (Lipinski definition) is 1. The second-order valence-electron chi connectivity index (χ2n) is 16.8. The number of aromatic nitrogens is 4. The molecule has 64 heavy (non-hydrogen) atoms. The van der Waals surface area contributed by atoms with E-state index >= 15 is 0 Å². The van der Waals surface area contributed by atoms with E-state index in [1.165, 1.54) is 29.8 Å². The van der Waals surface area contributed by atoms with Gasteiger partial charge in [-0.2, -0.15) is 5.26 Å². The first-order valence-electron chi connectivity index (χ1n) is 21.7. The number of piperazine rings is 1. The molecule has 10 rings (SSSR count). The molecular formula is C48H49ClFN9O4S. The van der Waals surface area contributed by atoms with Crippen LogP contribution in [-0.4, -0.2) is 111 Å². The van der Waals surface area contributed by atoms with Gasteiger partial charge in [0.05, 0.1) is 17.1 Å². The van der Waals surface area contributed by atoms with Crippen molar-refractivity contribution < 1.29 is 23.8 Å².